The molecule has 6 heteroatoms. The number of halogens is 2. The number of nitrogens with one attached hydrogen (secondary N) is 1. The predicted molar refractivity (Wildman–Crippen MR) is 73.9 cm³/mol. The Morgan fingerprint density at radius 1 is 1.35 bits per heavy atom. The lowest BCUT2D eigenvalue weighted by Gasteiger charge is -2.33. The molecule has 4 nitrogen and oxygen atoms in total. The fourth-order valence-corrected chi connectivity index (χ4v) is 2.42. The summed E-state index contributed by atoms with van der Waals surface area (Å²) in [6.07, 6.45) is -0.131. The van der Waals surface area contributed by atoms with Gasteiger partial charge in [0.15, 0.2) is 0 Å². The number of carbonyl (C=O) groups excluding carboxylic acids is 1. The quantitative estimate of drug-likeness (QED) is 0.695. The Kier molecular flexibility index (Phi) is 7.99. The zero-order valence-corrected chi connectivity index (χ0v) is 12.4. The lowest BCUT2D eigenvalue weighted by atomic mass is 9.97. The summed E-state index contributed by atoms with van der Waals surface area (Å²) in [5, 5.41) is 3.30. The fraction of sp³-hybridized carbons (Fsp3) is 0.929. The minimum absolute atomic E-state index is 0.00667. The molecule has 0 aromatic rings. The van der Waals surface area contributed by atoms with E-state index in [4.69, 9.17) is 4.74 Å². The van der Waals surface area contributed by atoms with Crippen LogP contribution in [0.2, 0.25) is 0 Å². The summed E-state index contributed by atoms with van der Waals surface area (Å²) >= 11 is 0. The van der Waals surface area contributed by atoms with Crippen molar-refractivity contribution in [2.75, 3.05) is 32.8 Å². The maximum absolute atomic E-state index is 12.1. The van der Waals surface area contributed by atoms with Gasteiger partial charge in [-0.3, -0.25) is 4.79 Å². The van der Waals surface area contributed by atoms with Crippen LogP contribution in [0.5, 0.6) is 0 Å². The first-order valence-electron chi connectivity index (χ1n) is 7.36. The second-order valence-corrected chi connectivity index (χ2v) is 5.55. The number of piperidine rings is 1. The summed E-state index contributed by atoms with van der Waals surface area (Å²) in [5.74, 6) is 0.525. The van der Waals surface area contributed by atoms with Crippen molar-refractivity contribution in [2.45, 2.75) is 45.6 Å². The molecular formula is C14H26F2N2O2. The van der Waals surface area contributed by atoms with Crippen molar-refractivity contribution in [1.29, 1.82) is 0 Å². The van der Waals surface area contributed by atoms with Crippen molar-refractivity contribution in [3.05, 3.63) is 0 Å². The molecule has 20 heavy (non-hydrogen) atoms. The van der Waals surface area contributed by atoms with Crippen LogP contribution >= 0.6 is 0 Å². The predicted octanol–water partition coefficient (Wildman–Crippen LogP) is 1.89. The average molecular weight is 292 g/mol. The molecule has 0 aromatic heterocycles. The van der Waals surface area contributed by atoms with Crippen LogP contribution in [-0.2, 0) is 9.53 Å². The van der Waals surface area contributed by atoms with Crippen molar-refractivity contribution in [3.63, 3.8) is 0 Å². The van der Waals surface area contributed by atoms with Crippen LogP contribution in [0.4, 0.5) is 8.78 Å². The molecule has 1 aliphatic rings. The van der Waals surface area contributed by atoms with Gasteiger partial charge in [-0.1, -0.05) is 0 Å². The summed E-state index contributed by atoms with van der Waals surface area (Å²) < 4.78 is 28.6. The third kappa shape index (κ3) is 6.61. The van der Waals surface area contributed by atoms with E-state index in [0.717, 1.165) is 32.5 Å². The SMILES string of the molecule is CC(C)N(CC1CCNCC1)C(=O)CCOCC(F)F. The van der Waals surface area contributed by atoms with Crippen molar-refractivity contribution in [3.8, 4) is 0 Å². The van der Waals surface area contributed by atoms with Crippen molar-refractivity contribution in [1.82, 2.24) is 10.2 Å². The highest BCUT2D eigenvalue weighted by Gasteiger charge is 2.22. The monoisotopic (exact) mass is 292 g/mol. The molecule has 1 N–H and O–H groups in total. The van der Waals surface area contributed by atoms with Crippen LogP contribution in [0, 0.1) is 5.92 Å². The van der Waals surface area contributed by atoms with Crippen LogP contribution in [0.1, 0.15) is 33.1 Å². The Bertz CT molecular complexity index is 282. The molecule has 0 saturated carbocycles. The van der Waals surface area contributed by atoms with Gasteiger partial charge in [0.05, 0.1) is 13.0 Å². The maximum atomic E-state index is 12.1. The maximum Gasteiger partial charge on any atom is 0.261 e. The second kappa shape index (κ2) is 9.23. The number of rotatable bonds is 8. The number of nitrogens with zero attached hydrogens (tertiary/aromatic N) is 1. The van der Waals surface area contributed by atoms with E-state index in [0.29, 0.717) is 5.92 Å². The van der Waals surface area contributed by atoms with Crippen LogP contribution in [0.15, 0.2) is 0 Å². The molecule has 1 aliphatic heterocycles. The summed E-state index contributed by atoms with van der Waals surface area (Å²) in [6, 6.07) is 0.132. The Morgan fingerprint density at radius 3 is 2.55 bits per heavy atom. The van der Waals surface area contributed by atoms with Crippen LogP contribution in [0.3, 0.4) is 0 Å². The highest BCUT2D eigenvalue weighted by atomic mass is 19.3. The van der Waals surface area contributed by atoms with Crippen LogP contribution < -0.4 is 5.32 Å². The number of hydrogen-bond donors (Lipinski definition) is 1. The van der Waals surface area contributed by atoms with E-state index in [1.54, 1.807) is 0 Å². The van der Waals surface area contributed by atoms with Gasteiger partial charge in [0.25, 0.3) is 6.43 Å². The van der Waals surface area contributed by atoms with Gasteiger partial charge in [0.1, 0.15) is 6.61 Å². The Morgan fingerprint density at radius 2 is 2.00 bits per heavy atom. The Hall–Kier alpha value is -0.750. The van der Waals surface area contributed by atoms with Crippen molar-refractivity contribution >= 4 is 5.91 Å². The molecular weight excluding hydrogens is 266 g/mol. The lowest BCUT2D eigenvalue weighted by Crippen LogP contribution is -2.43. The van der Waals surface area contributed by atoms with E-state index in [9.17, 15) is 13.6 Å². The van der Waals surface area contributed by atoms with E-state index in [1.807, 2.05) is 18.7 Å². The van der Waals surface area contributed by atoms with Gasteiger partial charge in [-0.05, 0) is 45.7 Å². The van der Waals surface area contributed by atoms with Crippen LogP contribution in [0.25, 0.3) is 0 Å². The lowest BCUT2D eigenvalue weighted by molar-refractivity contribution is -0.135. The summed E-state index contributed by atoms with van der Waals surface area (Å²) in [6.45, 7) is 6.21. The average Bonchev–Trinajstić information content (AvgIpc) is 2.41. The third-order valence-electron chi connectivity index (χ3n) is 3.56. The van der Waals surface area contributed by atoms with Crippen LogP contribution in [-0.4, -0.2) is 56.1 Å². The first-order valence-corrected chi connectivity index (χ1v) is 7.36. The van der Waals surface area contributed by atoms with Gasteiger partial charge in [0, 0.05) is 12.6 Å². The minimum Gasteiger partial charge on any atom is -0.375 e. The number of amides is 1. The fourth-order valence-electron chi connectivity index (χ4n) is 2.42. The standard InChI is InChI=1S/C14H26F2N2O2/c1-11(2)18(9-12-3-6-17-7-4-12)14(19)5-8-20-10-13(15)16/h11-13,17H,3-10H2,1-2H3. The molecule has 0 radical (unpaired) electrons. The molecule has 1 fully saturated rings. The van der Waals surface area contributed by atoms with Crippen molar-refractivity contribution < 1.29 is 18.3 Å². The van der Waals surface area contributed by atoms with E-state index in [1.165, 1.54) is 0 Å². The topological polar surface area (TPSA) is 41.6 Å². The van der Waals surface area contributed by atoms with Gasteiger partial charge in [-0.15, -0.1) is 0 Å². The first-order chi connectivity index (χ1) is 9.50. The Labute approximate surface area is 119 Å². The number of alkyl halides is 2. The van der Waals surface area contributed by atoms with Gasteiger partial charge < -0.3 is 15.0 Å². The molecule has 0 spiro atoms. The number of carbonyl (C=O) groups is 1. The molecule has 1 heterocycles. The summed E-state index contributed by atoms with van der Waals surface area (Å²) in [5.41, 5.74) is 0. The first kappa shape index (κ1) is 17.3. The largest absolute Gasteiger partial charge is 0.375 e. The van der Waals surface area contributed by atoms with Gasteiger partial charge in [-0.2, -0.15) is 0 Å². The zero-order valence-electron chi connectivity index (χ0n) is 12.4. The highest BCUT2D eigenvalue weighted by molar-refractivity contribution is 5.76. The molecule has 118 valence electrons. The minimum atomic E-state index is -2.47. The van der Waals surface area contributed by atoms with Gasteiger partial charge >= 0.3 is 0 Å². The second-order valence-electron chi connectivity index (χ2n) is 5.55. The van der Waals surface area contributed by atoms with E-state index >= 15 is 0 Å². The molecule has 0 bridgehead atoms. The normalized spacial score (nSPS) is 16.9. The van der Waals surface area contributed by atoms with E-state index in [-0.39, 0.29) is 25.0 Å². The zero-order chi connectivity index (χ0) is 15.0. The third-order valence-corrected chi connectivity index (χ3v) is 3.56. The number of ether oxygens (including phenoxy) is 1. The smallest absolute Gasteiger partial charge is 0.261 e. The molecule has 1 rings (SSSR count). The molecule has 0 aromatic carbocycles. The van der Waals surface area contributed by atoms with Gasteiger partial charge in [0.2, 0.25) is 5.91 Å². The van der Waals surface area contributed by atoms with E-state index < -0.39 is 13.0 Å². The summed E-state index contributed by atoms with van der Waals surface area (Å²) in [4.78, 5) is 14.0. The molecule has 0 aliphatic carbocycles. The molecule has 0 atom stereocenters. The van der Waals surface area contributed by atoms with Crippen molar-refractivity contribution in [2.24, 2.45) is 5.92 Å². The number of hydrogen-bond acceptors (Lipinski definition) is 3. The highest BCUT2D eigenvalue weighted by Crippen LogP contribution is 2.16. The molecule has 0 unspecified atom stereocenters. The molecule has 1 saturated heterocycles. The Balaban J connectivity index is 2.33. The summed E-state index contributed by atoms with van der Waals surface area (Å²) in [7, 11) is 0. The van der Waals surface area contributed by atoms with Gasteiger partial charge in [-0.25, -0.2) is 8.78 Å². The molecule has 1 amide bonds. The van der Waals surface area contributed by atoms with E-state index in [2.05, 4.69) is 5.32 Å².